The number of carbonyl (C=O) groups excluding carboxylic acids is 1. The number of aliphatic hydroxyl groups is 1. The van der Waals surface area contributed by atoms with E-state index in [4.69, 9.17) is 4.74 Å². The fraction of sp³-hybridized carbons (Fsp3) is 0.688. The lowest BCUT2D eigenvalue weighted by Crippen LogP contribution is -2.54. The predicted octanol–water partition coefficient (Wildman–Crippen LogP) is 1.43. The van der Waals surface area contributed by atoms with Crippen molar-refractivity contribution < 1.29 is 14.6 Å². The SMILES string of the molecule is CCc1ncc(NC(=O)N2CCOCC2C2CCCC2O)cn1. The van der Waals surface area contributed by atoms with Crippen molar-refractivity contribution in [3.63, 3.8) is 0 Å². The molecule has 0 aromatic carbocycles. The summed E-state index contributed by atoms with van der Waals surface area (Å²) in [5.74, 6) is 0.848. The van der Waals surface area contributed by atoms with Crippen LogP contribution in [-0.2, 0) is 11.2 Å². The van der Waals surface area contributed by atoms with Crippen LogP contribution in [0.4, 0.5) is 10.5 Å². The minimum Gasteiger partial charge on any atom is -0.393 e. The fourth-order valence-corrected chi connectivity index (χ4v) is 3.44. The highest BCUT2D eigenvalue weighted by molar-refractivity contribution is 5.89. The van der Waals surface area contributed by atoms with Crippen LogP contribution < -0.4 is 5.32 Å². The van der Waals surface area contributed by atoms with Crippen LogP contribution in [0.5, 0.6) is 0 Å². The molecule has 1 aliphatic heterocycles. The molecule has 0 spiro atoms. The molecule has 0 radical (unpaired) electrons. The lowest BCUT2D eigenvalue weighted by Gasteiger charge is -2.39. The maximum absolute atomic E-state index is 12.6. The minimum atomic E-state index is -0.343. The molecule has 0 bridgehead atoms. The maximum Gasteiger partial charge on any atom is 0.322 e. The van der Waals surface area contributed by atoms with Crippen LogP contribution >= 0.6 is 0 Å². The average Bonchev–Trinajstić information content (AvgIpc) is 3.01. The fourth-order valence-electron chi connectivity index (χ4n) is 3.44. The number of carbonyl (C=O) groups is 1. The van der Waals surface area contributed by atoms with Crippen molar-refractivity contribution >= 4 is 11.7 Å². The Morgan fingerprint density at radius 2 is 2.22 bits per heavy atom. The standard InChI is InChI=1S/C16H24N4O3/c1-2-15-17-8-11(9-18-15)19-16(22)20-6-7-23-10-13(20)12-4-3-5-14(12)21/h8-9,12-14,21H,2-7,10H2,1H3,(H,19,22). The lowest BCUT2D eigenvalue weighted by atomic mass is 9.94. The largest absolute Gasteiger partial charge is 0.393 e. The summed E-state index contributed by atoms with van der Waals surface area (Å²) in [6, 6.07) is -0.248. The van der Waals surface area contributed by atoms with Crippen LogP contribution in [-0.4, -0.2) is 57.9 Å². The van der Waals surface area contributed by atoms with Crippen molar-refractivity contribution in [2.45, 2.75) is 44.8 Å². The summed E-state index contributed by atoms with van der Waals surface area (Å²) in [6.07, 6.45) is 6.43. The molecule has 3 rings (SSSR count). The second-order valence-corrected chi connectivity index (χ2v) is 6.17. The Hall–Kier alpha value is -1.73. The van der Waals surface area contributed by atoms with Crippen LogP contribution in [0.25, 0.3) is 0 Å². The molecular weight excluding hydrogens is 296 g/mol. The van der Waals surface area contributed by atoms with E-state index in [1.54, 1.807) is 17.3 Å². The first kappa shape index (κ1) is 16.1. The molecule has 2 amide bonds. The van der Waals surface area contributed by atoms with Crippen molar-refractivity contribution in [3.8, 4) is 0 Å². The zero-order valence-corrected chi connectivity index (χ0v) is 13.4. The number of morpholine rings is 1. The highest BCUT2D eigenvalue weighted by Crippen LogP contribution is 2.32. The van der Waals surface area contributed by atoms with E-state index >= 15 is 0 Å². The average molecular weight is 320 g/mol. The van der Waals surface area contributed by atoms with Crippen molar-refractivity contribution in [3.05, 3.63) is 18.2 Å². The minimum absolute atomic E-state index is 0.0721. The number of anilines is 1. The van der Waals surface area contributed by atoms with Crippen LogP contribution in [0.15, 0.2) is 12.4 Å². The van der Waals surface area contributed by atoms with E-state index in [0.717, 1.165) is 31.5 Å². The smallest absolute Gasteiger partial charge is 0.322 e. The predicted molar refractivity (Wildman–Crippen MR) is 85.1 cm³/mol. The third kappa shape index (κ3) is 3.61. The number of hydrogen-bond acceptors (Lipinski definition) is 5. The van der Waals surface area contributed by atoms with Crippen LogP contribution in [0.2, 0.25) is 0 Å². The van der Waals surface area contributed by atoms with Gasteiger partial charge in [0.25, 0.3) is 0 Å². The number of nitrogens with zero attached hydrogens (tertiary/aromatic N) is 3. The van der Waals surface area contributed by atoms with Crippen molar-refractivity contribution in [1.82, 2.24) is 14.9 Å². The molecule has 1 aliphatic carbocycles. The highest BCUT2D eigenvalue weighted by Gasteiger charge is 2.39. The summed E-state index contributed by atoms with van der Waals surface area (Å²) in [5.41, 5.74) is 0.587. The summed E-state index contributed by atoms with van der Waals surface area (Å²) >= 11 is 0. The maximum atomic E-state index is 12.6. The molecule has 2 aliphatic rings. The van der Waals surface area contributed by atoms with E-state index in [-0.39, 0.29) is 24.1 Å². The summed E-state index contributed by atoms with van der Waals surface area (Å²) < 4.78 is 5.55. The van der Waals surface area contributed by atoms with Gasteiger partial charge in [-0.05, 0) is 12.8 Å². The van der Waals surface area contributed by atoms with Crippen LogP contribution in [0.1, 0.15) is 32.0 Å². The second-order valence-electron chi connectivity index (χ2n) is 6.17. The van der Waals surface area contributed by atoms with Gasteiger partial charge in [0.2, 0.25) is 0 Å². The topological polar surface area (TPSA) is 87.6 Å². The van der Waals surface area contributed by atoms with Gasteiger partial charge in [0, 0.05) is 18.9 Å². The molecule has 7 heteroatoms. The molecule has 1 saturated carbocycles. The summed E-state index contributed by atoms with van der Waals surface area (Å²) in [4.78, 5) is 22.8. The normalized spacial score (nSPS) is 27.9. The molecule has 3 unspecified atom stereocenters. The number of aliphatic hydroxyl groups excluding tert-OH is 1. The molecule has 2 fully saturated rings. The number of ether oxygens (including phenoxy) is 1. The van der Waals surface area contributed by atoms with Gasteiger partial charge in [-0.15, -0.1) is 0 Å². The Morgan fingerprint density at radius 3 is 2.87 bits per heavy atom. The number of hydrogen-bond donors (Lipinski definition) is 2. The molecule has 3 atom stereocenters. The molecule has 1 aromatic rings. The zero-order chi connectivity index (χ0) is 16.2. The van der Waals surface area contributed by atoms with Crippen LogP contribution in [0.3, 0.4) is 0 Å². The zero-order valence-electron chi connectivity index (χ0n) is 13.4. The molecule has 126 valence electrons. The van der Waals surface area contributed by atoms with Gasteiger partial charge < -0.3 is 20.1 Å². The molecule has 2 heterocycles. The van der Waals surface area contributed by atoms with Crippen molar-refractivity contribution in [2.24, 2.45) is 5.92 Å². The highest BCUT2D eigenvalue weighted by atomic mass is 16.5. The summed E-state index contributed by atoms with van der Waals surface area (Å²) in [6.45, 7) is 3.53. The summed E-state index contributed by atoms with van der Waals surface area (Å²) in [7, 11) is 0. The van der Waals surface area contributed by atoms with E-state index in [9.17, 15) is 9.90 Å². The number of urea groups is 1. The Bertz CT molecular complexity index is 537. The van der Waals surface area contributed by atoms with Crippen molar-refractivity contribution in [2.75, 3.05) is 25.1 Å². The first-order valence-electron chi connectivity index (χ1n) is 8.33. The second kappa shape index (κ2) is 7.23. The van der Waals surface area contributed by atoms with Gasteiger partial charge in [0.1, 0.15) is 5.82 Å². The van der Waals surface area contributed by atoms with E-state index in [1.165, 1.54) is 0 Å². The third-order valence-electron chi connectivity index (χ3n) is 4.72. The molecule has 23 heavy (non-hydrogen) atoms. The summed E-state index contributed by atoms with van der Waals surface area (Å²) in [5, 5.41) is 13.0. The van der Waals surface area contributed by atoms with Crippen LogP contribution in [0, 0.1) is 5.92 Å². The van der Waals surface area contributed by atoms with Gasteiger partial charge in [0.05, 0.1) is 43.4 Å². The number of aromatic nitrogens is 2. The van der Waals surface area contributed by atoms with E-state index in [1.807, 2.05) is 6.92 Å². The number of amides is 2. The van der Waals surface area contributed by atoms with E-state index < -0.39 is 0 Å². The third-order valence-corrected chi connectivity index (χ3v) is 4.72. The number of nitrogens with one attached hydrogen (secondary N) is 1. The van der Waals surface area contributed by atoms with Gasteiger partial charge in [-0.2, -0.15) is 0 Å². The number of aryl methyl sites for hydroxylation is 1. The molecule has 1 saturated heterocycles. The quantitative estimate of drug-likeness (QED) is 0.880. The van der Waals surface area contributed by atoms with Gasteiger partial charge in [-0.3, -0.25) is 0 Å². The molecule has 1 aromatic heterocycles. The van der Waals surface area contributed by atoms with Gasteiger partial charge >= 0.3 is 6.03 Å². The van der Waals surface area contributed by atoms with E-state index in [2.05, 4.69) is 15.3 Å². The first-order chi connectivity index (χ1) is 11.2. The van der Waals surface area contributed by atoms with Gasteiger partial charge in [0.15, 0.2) is 0 Å². The Kier molecular flexibility index (Phi) is 5.07. The first-order valence-corrected chi connectivity index (χ1v) is 8.33. The lowest BCUT2D eigenvalue weighted by molar-refractivity contribution is -0.0285. The molecular formula is C16H24N4O3. The Morgan fingerprint density at radius 1 is 1.43 bits per heavy atom. The van der Waals surface area contributed by atoms with E-state index in [0.29, 0.717) is 25.4 Å². The number of rotatable bonds is 3. The molecule has 7 nitrogen and oxygen atoms in total. The Labute approximate surface area is 136 Å². The Balaban J connectivity index is 1.68. The molecule has 2 N–H and O–H groups in total. The van der Waals surface area contributed by atoms with Gasteiger partial charge in [-0.25, -0.2) is 14.8 Å². The monoisotopic (exact) mass is 320 g/mol. The van der Waals surface area contributed by atoms with Crippen molar-refractivity contribution in [1.29, 1.82) is 0 Å². The van der Waals surface area contributed by atoms with Gasteiger partial charge in [-0.1, -0.05) is 13.3 Å².